The number of anilines is 1. The molecule has 4 unspecified atom stereocenters. The molecule has 3 rings (SSSR count). The van der Waals surface area contributed by atoms with Crippen LogP contribution in [-0.2, 0) is 4.74 Å². The summed E-state index contributed by atoms with van der Waals surface area (Å²) in [4.78, 5) is 7.00. The van der Waals surface area contributed by atoms with E-state index in [9.17, 15) is 0 Å². The molecule has 0 aromatic carbocycles. The van der Waals surface area contributed by atoms with E-state index >= 15 is 0 Å². The first-order valence-electron chi connectivity index (χ1n) is 7.70. The number of nitrogens with one attached hydrogen (secondary N) is 2. The second-order valence-corrected chi connectivity index (χ2v) is 6.04. The van der Waals surface area contributed by atoms with E-state index in [1.165, 1.54) is 0 Å². The zero-order valence-electron chi connectivity index (χ0n) is 12.6. The Balaban J connectivity index is 1.76. The fourth-order valence-electron chi connectivity index (χ4n) is 3.34. The van der Waals surface area contributed by atoms with Crippen molar-refractivity contribution in [3.05, 3.63) is 5.82 Å². The lowest BCUT2D eigenvalue weighted by Gasteiger charge is -2.18. The maximum absolute atomic E-state index is 5.90. The van der Waals surface area contributed by atoms with Crippen molar-refractivity contribution in [3.63, 3.8) is 0 Å². The Labute approximate surface area is 120 Å². The molecule has 0 spiro atoms. The van der Waals surface area contributed by atoms with E-state index in [-0.39, 0.29) is 12.2 Å². The van der Waals surface area contributed by atoms with E-state index in [1.807, 2.05) is 0 Å². The molecule has 20 heavy (non-hydrogen) atoms. The summed E-state index contributed by atoms with van der Waals surface area (Å²) in [6.45, 7) is 10.6. The highest BCUT2D eigenvalue weighted by molar-refractivity contribution is 5.30. The van der Waals surface area contributed by atoms with Gasteiger partial charge in [-0.2, -0.15) is 4.98 Å². The molecule has 2 saturated heterocycles. The minimum absolute atomic E-state index is 0.201. The topological polar surface area (TPSA) is 66.1 Å². The van der Waals surface area contributed by atoms with Gasteiger partial charge in [0, 0.05) is 25.6 Å². The molecule has 1 aromatic heterocycles. The second-order valence-electron chi connectivity index (χ2n) is 6.04. The summed E-state index contributed by atoms with van der Waals surface area (Å²) in [7, 11) is 0. The van der Waals surface area contributed by atoms with E-state index in [0.717, 1.165) is 44.4 Å². The van der Waals surface area contributed by atoms with Crippen LogP contribution in [0.2, 0.25) is 0 Å². The number of aromatic nitrogens is 3. The molecular weight excluding hydrogens is 254 g/mol. The highest BCUT2D eigenvalue weighted by Gasteiger charge is 2.40. The second kappa shape index (κ2) is 5.69. The molecule has 2 aliphatic rings. The quantitative estimate of drug-likeness (QED) is 0.849. The number of aromatic amines is 1. The van der Waals surface area contributed by atoms with Crippen molar-refractivity contribution in [2.75, 3.05) is 31.1 Å². The summed E-state index contributed by atoms with van der Waals surface area (Å²) in [5.41, 5.74) is 0. The standard InChI is InChI=1S/C14H25N5O/c1-9-10(2)20-11(3)12(9)13-16-14(18-17-13)19-7-4-5-15-6-8-19/h9-12,15H,4-8H2,1-3H3,(H,16,17,18). The monoisotopic (exact) mass is 279 g/mol. The van der Waals surface area contributed by atoms with Crippen molar-refractivity contribution in [1.82, 2.24) is 20.5 Å². The summed E-state index contributed by atoms with van der Waals surface area (Å²) in [5, 5.41) is 11.0. The lowest BCUT2D eigenvalue weighted by atomic mass is 9.89. The smallest absolute Gasteiger partial charge is 0.244 e. The molecule has 112 valence electrons. The fraction of sp³-hybridized carbons (Fsp3) is 0.857. The minimum Gasteiger partial charge on any atom is -0.374 e. The van der Waals surface area contributed by atoms with E-state index < -0.39 is 0 Å². The molecule has 0 saturated carbocycles. The van der Waals surface area contributed by atoms with Gasteiger partial charge in [-0.1, -0.05) is 6.92 Å². The lowest BCUT2D eigenvalue weighted by molar-refractivity contribution is 0.0553. The number of hydrogen-bond acceptors (Lipinski definition) is 5. The highest BCUT2D eigenvalue weighted by Crippen LogP contribution is 2.38. The van der Waals surface area contributed by atoms with Gasteiger partial charge in [-0.3, -0.25) is 5.10 Å². The van der Waals surface area contributed by atoms with Gasteiger partial charge in [-0.15, -0.1) is 5.10 Å². The zero-order valence-corrected chi connectivity index (χ0v) is 12.6. The maximum Gasteiger partial charge on any atom is 0.244 e. The summed E-state index contributed by atoms with van der Waals surface area (Å²) in [6.07, 6.45) is 1.62. The third kappa shape index (κ3) is 2.54. The first-order valence-corrected chi connectivity index (χ1v) is 7.70. The molecule has 2 aliphatic heterocycles. The van der Waals surface area contributed by atoms with Gasteiger partial charge >= 0.3 is 0 Å². The molecular formula is C14H25N5O. The van der Waals surface area contributed by atoms with Gasteiger partial charge in [0.25, 0.3) is 0 Å². The molecule has 2 fully saturated rings. The molecule has 6 nitrogen and oxygen atoms in total. The zero-order chi connectivity index (χ0) is 14.1. The molecule has 2 N–H and O–H groups in total. The van der Waals surface area contributed by atoms with Gasteiger partial charge in [0.1, 0.15) is 5.82 Å². The molecule has 0 bridgehead atoms. The Bertz CT molecular complexity index is 441. The highest BCUT2D eigenvalue weighted by atomic mass is 16.5. The van der Waals surface area contributed by atoms with Crippen molar-refractivity contribution in [3.8, 4) is 0 Å². The van der Waals surface area contributed by atoms with Gasteiger partial charge in [-0.05, 0) is 32.7 Å². The lowest BCUT2D eigenvalue weighted by Crippen LogP contribution is -2.28. The van der Waals surface area contributed by atoms with Crippen LogP contribution in [0.15, 0.2) is 0 Å². The largest absolute Gasteiger partial charge is 0.374 e. The van der Waals surface area contributed by atoms with E-state index in [0.29, 0.717) is 11.8 Å². The molecule has 0 radical (unpaired) electrons. The van der Waals surface area contributed by atoms with Crippen molar-refractivity contribution in [1.29, 1.82) is 0 Å². The van der Waals surface area contributed by atoms with E-state index in [2.05, 4.69) is 41.2 Å². The third-order valence-corrected chi connectivity index (χ3v) is 4.67. The first-order chi connectivity index (χ1) is 9.66. The van der Waals surface area contributed by atoms with Crippen molar-refractivity contribution in [2.24, 2.45) is 5.92 Å². The van der Waals surface area contributed by atoms with Crippen LogP contribution in [0.25, 0.3) is 0 Å². The Hall–Kier alpha value is -1.14. The number of H-pyrrole nitrogens is 1. The fourth-order valence-corrected chi connectivity index (χ4v) is 3.34. The summed E-state index contributed by atoms with van der Waals surface area (Å²) in [5.74, 6) is 2.59. The van der Waals surface area contributed by atoms with Crippen LogP contribution in [-0.4, -0.2) is 53.6 Å². The van der Waals surface area contributed by atoms with Gasteiger partial charge in [0.2, 0.25) is 5.95 Å². The molecule has 3 heterocycles. The molecule has 4 atom stereocenters. The van der Waals surface area contributed by atoms with E-state index in [4.69, 9.17) is 9.72 Å². The van der Waals surface area contributed by atoms with E-state index in [1.54, 1.807) is 0 Å². The van der Waals surface area contributed by atoms with Gasteiger partial charge in [0.15, 0.2) is 0 Å². The Kier molecular flexibility index (Phi) is 3.94. The van der Waals surface area contributed by atoms with Crippen LogP contribution in [0, 0.1) is 5.92 Å². The first kappa shape index (κ1) is 13.8. The maximum atomic E-state index is 5.90. The van der Waals surface area contributed by atoms with Crippen LogP contribution in [0.4, 0.5) is 5.95 Å². The summed E-state index contributed by atoms with van der Waals surface area (Å²) >= 11 is 0. The predicted octanol–water partition coefficient (Wildman–Crippen LogP) is 1.13. The van der Waals surface area contributed by atoms with Gasteiger partial charge in [0.05, 0.1) is 12.2 Å². The van der Waals surface area contributed by atoms with Crippen LogP contribution in [0.3, 0.4) is 0 Å². The Morgan fingerprint density at radius 1 is 1.15 bits per heavy atom. The summed E-state index contributed by atoms with van der Waals surface area (Å²) < 4.78 is 5.90. The average Bonchev–Trinajstić information content (AvgIpc) is 2.85. The third-order valence-electron chi connectivity index (χ3n) is 4.67. The number of rotatable bonds is 2. The molecule has 0 aliphatic carbocycles. The van der Waals surface area contributed by atoms with Crippen molar-refractivity contribution >= 4 is 5.95 Å². The molecule has 1 aromatic rings. The Morgan fingerprint density at radius 3 is 2.75 bits per heavy atom. The van der Waals surface area contributed by atoms with Gasteiger partial charge < -0.3 is 15.0 Å². The Morgan fingerprint density at radius 2 is 2.00 bits per heavy atom. The SMILES string of the molecule is CC1OC(C)C(c2nc(N3CCCNCC3)n[nH]2)C1C. The van der Waals surface area contributed by atoms with Crippen LogP contribution < -0.4 is 10.2 Å². The molecule has 6 heteroatoms. The van der Waals surface area contributed by atoms with Crippen LogP contribution in [0.5, 0.6) is 0 Å². The number of nitrogens with zero attached hydrogens (tertiary/aromatic N) is 3. The molecule has 0 amide bonds. The number of ether oxygens (including phenoxy) is 1. The minimum atomic E-state index is 0.201. The average molecular weight is 279 g/mol. The normalized spacial score (nSPS) is 35.2. The predicted molar refractivity (Wildman–Crippen MR) is 78.0 cm³/mol. The summed E-state index contributed by atoms with van der Waals surface area (Å²) in [6, 6.07) is 0. The van der Waals surface area contributed by atoms with Crippen LogP contribution in [0.1, 0.15) is 38.9 Å². The van der Waals surface area contributed by atoms with Crippen molar-refractivity contribution < 1.29 is 4.74 Å². The van der Waals surface area contributed by atoms with Crippen LogP contribution >= 0.6 is 0 Å². The van der Waals surface area contributed by atoms with Gasteiger partial charge in [-0.25, -0.2) is 0 Å². The van der Waals surface area contributed by atoms with Crippen molar-refractivity contribution in [2.45, 2.75) is 45.3 Å². The number of hydrogen-bond donors (Lipinski definition) is 2.